The first kappa shape index (κ1) is 14.3. The van der Waals surface area contributed by atoms with Gasteiger partial charge in [-0.15, -0.1) is 0 Å². The average Bonchev–Trinajstić information content (AvgIpc) is 2.63. The van der Waals surface area contributed by atoms with Crippen LogP contribution in [0.1, 0.15) is 18.1 Å². The summed E-state index contributed by atoms with van der Waals surface area (Å²) in [5.41, 5.74) is 4.19. The minimum absolute atomic E-state index is 0.0389. The molecule has 0 aromatic heterocycles. The molecule has 0 amide bonds. The molecule has 4 nitrogen and oxygen atoms in total. The van der Waals surface area contributed by atoms with E-state index in [-0.39, 0.29) is 16.7 Å². The normalized spacial score (nSPS) is 19.2. The molecule has 20 heavy (non-hydrogen) atoms. The summed E-state index contributed by atoms with van der Waals surface area (Å²) in [4.78, 5) is 23.1. The molecule has 1 unspecified atom stereocenters. The Morgan fingerprint density at radius 1 is 1.35 bits per heavy atom. The van der Waals surface area contributed by atoms with Gasteiger partial charge in [-0.3, -0.25) is 10.5 Å². The summed E-state index contributed by atoms with van der Waals surface area (Å²) in [7, 11) is 0. The molecule has 1 aliphatic rings. The van der Waals surface area contributed by atoms with Crippen LogP contribution in [0.25, 0.3) is 5.57 Å². The van der Waals surface area contributed by atoms with E-state index < -0.39 is 29.7 Å². The van der Waals surface area contributed by atoms with Crippen LogP contribution in [0.15, 0.2) is 29.8 Å². The molecular formula is C13H10F3NO3. The van der Waals surface area contributed by atoms with Gasteiger partial charge in [0.2, 0.25) is 0 Å². The third kappa shape index (κ3) is 2.44. The number of nitrogens with two attached hydrogens (primary N) is 1. The molecule has 0 fully saturated rings. The number of hydrogen-bond acceptors (Lipinski definition) is 4. The third-order valence-electron chi connectivity index (χ3n) is 2.85. The van der Waals surface area contributed by atoms with Crippen molar-refractivity contribution >= 4 is 17.3 Å². The number of Topliss-reactive ketones (excluding diaryl/α,β-unsaturated/α-hetero) is 1. The Bertz CT molecular complexity index is 620. The number of benzene rings is 1. The van der Waals surface area contributed by atoms with Crippen molar-refractivity contribution in [2.45, 2.75) is 19.3 Å². The first-order valence-electron chi connectivity index (χ1n) is 5.61. The summed E-state index contributed by atoms with van der Waals surface area (Å²) in [6.07, 6.45) is -5.79. The summed E-state index contributed by atoms with van der Waals surface area (Å²) >= 11 is 0. The van der Waals surface area contributed by atoms with Gasteiger partial charge in [-0.05, 0) is 24.6 Å². The Balaban J connectivity index is 2.60. The summed E-state index contributed by atoms with van der Waals surface area (Å²) in [6.45, 7) is 1.17. The van der Waals surface area contributed by atoms with Crippen LogP contribution in [0.4, 0.5) is 13.2 Å². The molecule has 0 saturated carbocycles. The zero-order valence-corrected chi connectivity index (χ0v) is 10.3. The third-order valence-corrected chi connectivity index (χ3v) is 2.85. The second kappa shape index (κ2) is 4.75. The van der Waals surface area contributed by atoms with Gasteiger partial charge >= 0.3 is 12.1 Å². The van der Waals surface area contributed by atoms with Crippen LogP contribution in [-0.4, -0.2) is 18.0 Å². The van der Waals surface area contributed by atoms with Gasteiger partial charge in [0.25, 0.3) is 0 Å². The summed E-state index contributed by atoms with van der Waals surface area (Å²) in [6, 6.07) is 4.11. The van der Waals surface area contributed by atoms with Crippen LogP contribution < -0.4 is 5.73 Å². The van der Waals surface area contributed by atoms with Crippen molar-refractivity contribution in [3.63, 3.8) is 0 Å². The standard InChI is InChI=1S/C13H10F3NO3/c1-6(18)9-10(12(19)20-11(9)17)7-3-2-4-8(5-7)13(14,15)16/h2-5,11H,17H2,1H3. The zero-order chi connectivity index (χ0) is 15.1. The monoisotopic (exact) mass is 285 g/mol. The molecule has 0 spiro atoms. The fourth-order valence-electron chi connectivity index (χ4n) is 1.99. The first-order chi connectivity index (χ1) is 9.21. The van der Waals surface area contributed by atoms with Gasteiger partial charge in [-0.25, -0.2) is 4.79 Å². The van der Waals surface area contributed by atoms with E-state index in [1.54, 1.807) is 0 Å². The SMILES string of the molecule is CC(=O)C1=C(c2cccc(C(F)(F)F)c2)C(=O)OC1N. The van der Waals surface area contributed by atoms with Crippen molar-refractivity contribution in [2.24, 2.45) is 5.73 Å². The maximum atomic E-state index is 12.7. The number of halogens is 3. The molecule has 0 saturated heterocycles. The lowest BCUT2D eigenvalue weighted by Gasteiger charge is -2.09. The second-order valence-corrected chi connectivity index (χ2v) is 4.25. The van der Waals surface area contributed by atoms with Gasteiger partial charge in [0, 0.05) is 0 Å². The van der Waals surface area contributed by atoms with Crippen LogP contribution in [0.2, 0.25) is 0 Å². The van der Waals surface area contributed by atoms with E-state index in [2.05, 4.69) is 0 Å². The van der Waals surface area contributed by atoms with Gasteiger partial charge in [0.1, 0.15) is 0 Å². The van der Waals surface area contributed by atoms with Gasteiger partial charge < -0.3 is 4.74 Å². The molecule has 1 atom stereocenters. The predicted molar refractivity (Wildman–Crippen MR) is 63.1 cm³/mol. The minimum Gasteiger partial charge on any atom is -0.439 e. The van der Waals surface area contributed by atoms with Crippen LogP contribution in [0, 0.1) is 0 Å². The van der Waals surface area contributed by atoms with Gasteiger partial charge in [0.15, 0.2) is 12.0 Å². The molecular weight excluding hydrogens is 275 g/mol. The van der Waals surface area contributed by atoms with E-state index in [1.807, 2.05) is 0 Å². The lowest BCUT2D eigenvalue weighted by molar-refractivity contribution is -0.139. The number of hydrogen-bond donors (Lipinski definition) is 1. The van der Waals surface area contributed by atoms with E-state index in [4.69, 9.17) is 10.5 Å². The summed E-state index contributed by atoms with van der Waals surface area (Å²) in [5, 5.41) is 0. The molecule has 1 heterocycles. The molecule has 1 aromatic rings. The highest BCUT2D eigenvalue weighted by molar-refractivity contribution is 6.26. The van der Waals surface area contributed by atoms with Crippen molar-refractivity contribution < 1.29 is 27.5 Å². The van der Waals surface area contributed by atoms with E-state index in [0.717, 1.165) is 18.2 Å². The molecule has 0 radical (unpaired) electrons. The Hall–Kier alpha value is -2.15. The van der Waals surface area contributed by atoms with Gasteiger partial charge in [0.05, 0.1) is 16.7 Å². The van der Waals surface area contributed by atoms with Crippen molar-refractivity contribution in [3.05, 3.63) is 41.0 Å². The van der Waals surface area contributed by atoms with Gasteiger partial charge in [-0.1, -0.05) is 12.1 Å². The largest absolute Gasteiger partial charge is 0.439 e. The van der Waals surface area contributed by atoms with Crippen molar-refractivity contribution in [3.8, 4) is 0 Å². The summed E-state index contributed by atoms with van der Waals surface area (Å²) < 4.78 is 42.7. The molecule has 2 N–H and O–H groups in total. The number of ether oxygens (including phenoxy) is 1. The predicted octanol–water partition coefficient (Wildman–Crippen LogP) is 1.89. The molecule has 1 aliphatic heterocycles. The van der Waals surface area contributed by atoms with Crippen LogP contribution >= 0.6 is 0 Å². The Morgan fingerprint density at radius 2 is 2.00 bits per heavy atom. The number of alkyl halides is 3. The van der Waals surface area contributed by atoms with Crippen molar-refractivity contribution in [2.75, 3.05) is 0 Å². The Morgan fingerprint density at radius 3 is 2.55 bits per heavy atom. The minimum atomic E-state index is -4.54. The van der Waals surface area contributed by atoms with Crippen LogP contribution in [0.3, 0.4) is 0 Å². The van der Waals surface area contributed by atoms with E-state index in [0.29, 0.717) is 0 Å². The molecule has 0 bridgehead atoms. The zero-order valence-electron chi connectivity index (χ0n) is 10.3. The first-order valence-corrected chi connectivity index (χ1v) is 5.61. The number of ketones is 1. The maximum absolute atomic E-state index is 12.7. The molecule has 7 heteroatoms. The van der Waals surface area contributed by atoms with Crippen molar-refractivity contribution in [1.82, 2.24) is 0 Å². The highest BCUT2D eigenvalue weighted by atomic mass is 19.4. The van der Waals surface area contributed by atoms with Crippen molar-refractivity contribution in [1.29, 1.82) is 0 Å². The summed E-state index contributed by atoms with van der Waals surface area (Å²) in [5.74, 6) is -1.42. The number of rotatable bonds is 2. The molecule has 0 aliphatic carbocycles. The Labute approximate surface area is 112 Å². The number of esters is 1. The maximum Gasteiger partial charge on any atom is 0.416 e. The quantitative estimate of drug-likeness (QED) is 0.842. The topological polar surface area (TPSA) is 69.4 Å². The van der Waals surface area contributed by atoms with Gasteiger partial charge in [-0.2, -0.15) is 13.2 Å². The number of carbonyl (C=O) groups is 2. The van der Waals surface area contributed by atoms with E-state index >= 15 is 0 Å². The average molecular weight is 285 g/mol. The number of cyclic esters (lactones) is 1. The molecule has 106 valence electrons. The fraction of sp³-hybridized carbons (Fsp3) is 0.231. The van der Waals surface area contributed by atoms with Crippen LogP contribution in [0.5, 0.6) is 0 Å². The second-order valence-electron chi connectivity index (χ2n) is 4.25. The number of carbonyl (C=O) groups excluding carboxylic acids is 2. The smallest absolute Gasteiger partial charge is 0.416 e. The lowest BCUT2D eigenvalue weighted by Crippen LogP contribution is -2.25. The van der Waals surface area contributed by atoms with E-state index in [9.17, 15) is 22.8 Å². The highest BCUT2D eigenvalue weighted by Crippen LogP contribution is 2.34. The van der Waals surface area contributed by atoms with Crippen LogP contribution in [-0.2, 0) is 20.5 Å². The fourth-order valence-corrected chi connectivity index (χ4v) is 1.99. The molecule has 1 aromatic carbocycles. The van der Waals surface area contributed by atoms with E-state index in [1.165, 1.54) is 13.0 Å². The Kier molecular flexibility index (Phi) is 3.39. The lowest BCUT2D eigenvalue weighted by atomic mass is 9.97. The molecule has 2 rings (SSSR count). The highest BCUT2D eigenvalue weighted by Gasteiger charge is 2.36.